The lowest BCUT2D eigenvalue weighted by Crippen LogP contribution is -2.46. The average molecular weight is 1070 g/mol. The molecule has 2 aromatic heterocycles. The smallest absolute Gasteiger partial charge is 0.312 e. The first kappa shape index (κ1) is 53.2. The van der Waals surface area contributed by atoms with Crippen LogP contribution in [-0.4, -0.2) is 131 Å². The number of anilines is 4. The van der Waals surface area contributed by atoms with Crippen LogP contribution in [0.25, 0.3) is 20.2 Å². The van der Waals surface area contributed by atoms with Crippen LogP contribution in [0.4, 0.5) is 22.7 Å². The number of amides is 2. The van der Waals surface area contributed by atoms with Crippen molar-refractivity contribution in [3.8, 4) is 11.5 Å². The maximum Gasteiger partial charge on any atom is 0.312 e. The van der Waals surface area contributed by atoms with Crippen LogP contribution in [0.15, 0.2) is 95.7 Å². The molecule has 0 bridgehead atoms. The van der Waals surface area contributed by atoms with Gasteiger partial charge in [0.2, 0.25) is 11.8 Å². The molecule has 0 aliphatic carbocycles. The molecule has 6 aromatic rings. The predicted octanol–water partition coefficient (Wildman–Crippen LogP) is 10.5. The number of carboxylic acid groups (broad SMARTS) is 1. The summed E-state index contributed by atoms with van der Waals surface area (Å²) in [5.41, 5.74) is 6.08. The number of esters is 1. The minimum Gasteiger partial charge on any atom is -0.494 e. The summed E-state index contributed by atoms with van der Waals surface area (Å²) >= 11 is 3.58. The summed E-state index contributed by atoms with van der Waals surface area (Å²) in [7, 11) is 0. The number of ether oxygens (including phenoxy) is 3. The van der Waals surface area contributed by atoms with Crippen molar-refractivity contribution in [3.63, 3.8) is 0 Å². The number of carboxylic acids is 1. The molecular formula is C60H72N6O8S2. The standard InChI is InChI=1S/C60H72N6O8S2/c67-57-22-18-44-16-20-47(72-36-6-4-26-61-28-32-63(33-29-61)51-11-8-13-55-49(51)24-38-75-55)40-53(44)65(57)42-46(10-2-1-3-15-59(69)70)60(71)74-43-66-54-41-48(21-17-45(54)19-23-58(66)68)73-37-7-5-27-62-30-34-64(35-31-62)52-12-9-14-56-50(52)25-39-76-56/h8-9,11-14,16-17,20-21,24-25,38-41,46H,1-7,10,15,18-19,22-23,26-37,42-43H2,(H,69,70). The number of carbonyl (C=O) groups is 4. The van der Waals surface area contributed by atoms with Gasteiger partial charge >= 0.3 is 11.9 Å². The van der Waals surface area contributed by atoms with E-state index in [1.54, 1.807) is 27.6 Å². The SMILES string of the molecule is O=C(O)CCCCCC(CN1C(=O)CCc2ccc(OCCCCN3CCN(c4cccc5sccc45)CC3)cc21)C(=O)OCN1C(=O)CCc2ccc(OCCCCN3CCN(c4cccc5sccc45)CC3)cc21. The zero-order valence-corrected chi connectivity index (χ0v) is 45.3. The molecule has 10 rings (SSSR count). The molecule has 1 N–H and O–H groups in total. The Morgan fingerprint density at radius 2 is 1.08 bits per heavy atom. The Balaban J connectivity index is 0.700. The van der Waals surface area contributed by atoms with Gasteiger partial charge in [0.05, 0.1) is 30.5 Å². The van der Waals surface area contributed by atoms with E-state index in [0.29, 0.717) is 81.8 Å². The fourth-order valence-corrected chi connectivity index (χ4v) is 13.0. The number of unbranched alkanes of at least 4 members (excludes halogenated alkanes) is 4. The Morgan fingerprint density at radius 3 is 1.62 bits per heavy atom. The van der Waals surface area contributed by atoms with Crippen molar-refractivity contribution in [2.24, 2.45) is 5.92 Å². The second kappa shape index (κ2) is 25.8. The zero-order valence-electron chi connectivity index (χ0n) is 43.7. The van der Waals surface area contributed by atoms with E-state index in [1.165, 1.54) is 36.4 Å². The normalized spacial score (nSPS) is 16.8. The average Bonchev–Trinajstić information content (AvgIpc) is 4.15. The van der Waals surface area contributed by atoms with Gasteiger partial charge in [-0.15, -0.1) is 22.7 Å². The highest BCUT2D eigenvalue weighted by Gasteiger charge is 2.33. The molecule has 0 spiro atoms. The van der Waals surface area contributed by atoms with E-state index in [2.05, 4.69) is 78.9 Å². The van der Waals surface area contributed by atoms with E-state index in [4.69, 9.17) is 14.2 Å². The third-order valence-electron chi connectivity index (χ3n) is 15.7. The van der Waals surface area contributed by atoms with Crippen LogP contribution in [0.2, 0.25) is 0 Å². The maximum absolute atomic E-state index is 14.2. The van der Waals surface area contributed by atoms with Crippen LogP contribution in [-0.2, 0) is 36.8 Å². The number of fused-ring (bicyclic) bond motifs is 4. The molecule has 2 amide bonds. The maximum atomic E-state index is 14.2. The number of hydrogen-bond donors (Lipinski definition) is 1. The molecule has 14 nitrogen and oxygen atoms in total. The number of thiophene rings is 2. The number of aryl methyl sites for hydroxylation is 2. The Kier molecular flexibility index (Phi) is 18.0. The van der Waals surface area contributed by atoms with E-state index >= 15 is 0 Å². The molecule has 0 saturated carbocycles. The van der Waals surface area contributed by atoms with Crippen LogP contribution in [0, 0.1) is 5.92 Å². The van der Waals surface area contributed by atoms with Gasteiger partial charge in [-0.2, -0.15) is 0 Å². The number of rotatable bonds is 25. The number of piperazine rings is 2. The molecule has 2 saturated heterocycles. The van der Waals surface area contributed by atoms with Crippen LogP contribution in [0.1, 0.15) is 81.8 Å². The fourth-order valence-electron chi connectivity index (χ4n) is 11.3. The van der Waals surface area contributed by atoms with Gasteiger partial charge in [-0.1, -0.05) is 37.1 Å². The molecule has 1 unspecified atom stereocenters. The number of nitrogens with zero attached hydrogens (tertiary/aromatic N) is 6. The number of benzene rings is 4. The lowest BCUT2D eigenvalue weighted by molar-refractivity contribution is -0.149. The molecule has 16 heteroatoms. The summed E-state index contributed by atoms with van der Waals surface area (Å²) in [5, 5.41) is 16.3. The molecule has 4 aliphatic heterocycles. The summed E-state index contributed by atoms with van der Waals surface area (Å²) < 4.78 is 21.2. The van der Waals surface area contributed by atoms with Crippen molar-refractivity contribution >= 4 is 89.3 Å². The first-order valence-corrected chi connectivity index (χ1v) is 29.4. The highest BCUT2D eigenvalue weighted by molar-refractivity contribution is 7.17. The molecule has 76 heavy (non-hydrogen) atoms. The molecule has 402 valence electrons. The van der Waals surface area contributed by atoms with Crippen molar-refractivity contribution in [2.45, 2.75) is 83.5 Å². The second-order valence-electron chi connectivity index (χ2n) is 20.7. The Morgan fingerprint density at radius 1 is 0.553 bits per heavy atom. The zero-order chi connectivity index (χ0) is 52.2. The molecule has 4 aliphatic rings. The highest BCUT2D eigenvalue weighted by Crippen LogP contribution is 2.36. The van der Waals surface area contributed by atoms with Crippen LogP contribution in [0.5, 0.6) is 11.5 Å². The van der Waals surface area contributed by atoms with Crippen molar-refractivity contribution in [1.29, 1.82) is 0 Å². The molecule has 6 heterocycles. The van der Waals surface area contributed by atoms with Gasteiger partial charge in [0, 0.05) is 122 Å². The van der Waals surface area contributed by atoms with E-state index in [9.17, 15) is 24.3 Å². The number of aliphatic carboxylic acids is 1. The minimum absolute atomic E-state index is 0.0505. The summed E-state index contributed by atoms with van der Waals surface area (Å²) in [6.45, 7) is 11.2. The van der Waals surface area contributed by atoms with Crippen LogP contribution >= 0.6 is 22.7 Å². The molecule has 2 fully saturated rings. The summed E-state index contributed by atoms with van der Waals surface area (Å²) in [6, 6.07) is 29.4. The molecule has 0 radical (unpaired) electrons. The fraction of sp³-hybridized carbons (Fsp3) is 0.467. The topological polar surface area (TPSA) is 136 Å². The Bertz CT molecular complexity index is 2940. The minimum atomic E-state index is -0.856. The van der Waals surface area contributed by atoms with E-state index in [-0.39, 0.29) is 31.5 Å². The second-order valence-corrected chi connectivity index (χ2v) is 22.6. The monoisotopic (exact) mass is 1070 g/mol. The summed E-state index contributed by atoms with van der Waals surface area (Å²) in [6.07, 6.45) is 7.77. The third-order valence-corrected chi connectivity index (χ3v) is 17.4. The van der Waals surface area contributed by atoms with E-state index in [0.717, 1.165) is 108 Å². The van der Waals surface area contributed by atoms with Gasteiger partial charge in [-0.25, -0.2) is 0 Å². The van der Waals surface area contributed by atoms with Crippen LogP contribution < -0.4 is 29.1 Å². The van der Waals surface area contributed by atoms with E-state index < -0.39 is 17.9 Å². The number of hydrogen-bond acceptors (Lipinski definition) is 13. The third kappa shape index (κ3) is 13.3. The van der Waals surface area contributed by atoms with E-state index in [1.807, 2.05) is 36.4 Å². The van der Waals surface area contributed by atoms with Gasteiger partial charge in [0.15, 0.2) is 6.73 Å². The van der Waals surface area contributed by atoms with Crippen molar-refractivity contribution in [3.05, 3.63) is 107 Å². The Hall–Kier alpha value is -6.20. The molecule has 1 atom stereocenters. The van der Waals surface area contributed by atoms with Crippen molar-refractivity contribution < 1.29 is 38.5 Å². The highest BCUT2D eigenvalue weighted by atomic mass is 32.1. The number of carbonyl (C=O) groups excluding carboxylic acids is 3. The Labute approximate surface area is 454 Å². The first-order valence-electron chi connectivity index (χ1n) is 27.6. The largest absolute Gasteiger partial charge is 0.494 e. The van der Waals surface area contributed by atoms with Crippen molar-refractivity contribution in [1.82, 2.24) is 9.80 Å². The van der Waals surface area contributed by atoms with Crippen LogP contribution in [0.3, 0.4) is 0 Å². The lowest BCUT2D eigenvalue weighted by Gasteiger charge is -2.36. The van der Waals surface area contributed by atoms with Gasteiger partial charge in [0.25, 0.3) is 0 Å². The summed E-state index contributed by atoms with van der Waals surface area (Å²) in [4.78, 5) is 66.1. The van der Waals surface area contributed by atoms with Gasteiger partial charge < -0.3 is 34.0 Å². The quantitative estimate of drug-likeness (QED) is 0.0432. The first-order chi connectivity index (χ1) is 37.2. The molecular weight excluding hydrogens is 997 g/mol. The van der Waals surface area contributed by atoms with Gasteiger partial charge in [-0.3, -0.25) is 33.9 Å². The molecule has 4 aromatic carbocycles. The lowest BCUT2D eigenvalue weighted by atomic mass is 9.96. The summed E-state index contributed by atoms with van der Waals surface area (Å²) in [5.74, 6) is -0.917. The van der Waals surface area contributed by atoms with Crippen molar-refractivity contribution in [2.75, 3.05) is 112 Å². The van der Waals surface area contributed by atoms with Gasteiger partial charge in [0.1, 0.15) is 11.5 Å². The predicted molar refractivity (Wildman–Crippen MR) is 305 cm³/mol. The van der Waals surface area contributed by atoms with Gasteiger partial charge in [-0.05, 0) is 135 Å².